The fourth-order valence-electron chi connectivity index (χ4n) is 3.93. The van der Waals surface area contributed by atoms with Crippen molar-refractivity contribution >= 4 is 29.1 Å². The van der Waals surface area contributed by atoms with Gasteiger partial charge in [0.1, 0.15) is 5.75 Å². The predicted octanol–water partition coefficient (Wildman–Crippen LogP) is 3.99. The van der Waals surface area contributed by atoms with Crippen molar-refractivity contribution in [2.24, 2.45) is 0 Å². The molecule has 0 bridgehead atoms. The lowest BCUT2D eigenvalue weighted by Gasteiger charge is -2.37. The number of carbonyl (C=O) groups excluding carboxylic acids is 1. The van der Waals surface area contributed by atoms with E-state index in [4.69, 9.17) is 4.74 Å². The first kappa shape index (κ1) is 20.2. The lowest BCUT2D eigenvalue weighted by Crippen LogP contribution is -2.49. The van der Waals surface area contributed by atoms with E-state index in [-0.39, 0.29) is 24.4 Å². The summed E-state index contributed by atoms with van der Waals surface area (Å²) in [6.07, 6.45) is 0.410. The average molecular weight is 397 g/mol. The molecule has 146 valence electrons. The largest absolute Gasteiger partial charge is 0.496 e. The molecule has 1 aliphatic rings. The fourth-order valence-corrected chi connectivity index (χ4v) is 3.93. The minimum absolute atomic E-state index is 0. The molecular formula is C23H25ClN2O2. The van der Waals surface area contributed by atoms with Gasteiger partial charge in [-0.05, 0) is 22.4 Å². The number of halogens is 1. The summed E-state index contributed by atoms with van der Waals surface area (Å²) in [6.45, 7) is 2.25. The highest BCUT2D eigenvalue weighted by atomic mass is 35.5. The van der Waals surface area contributed by atoms with Crippen molar-refractivity contribution in [3.63, 3.8) is 0 Å². The van der Waals surface area contributed by atoms with Crippen molar-refractivity contribution < 1.29 is 9.53 Å². The molecule has 0 spiro atoms. The molecule has 0 saturated carbocycles. The van der Waals surface area contributed by atoms with E-state index >= 15 is 0 Å². The third-order valence-electron chi connectivity index (χ3n) is 5.28. The van der Waals surface area contributed by atoms with Crippen LogP contribution in [-0.2, 0) is 11.2 Å². The summed E-state index contributed by atoms with van der Waals surface area (Å²) >= 11 is 0. The van der Waals surface area contributed by atoms with E-state index in [0.717, 1.165) is 35.4 Å². The Labute approximate surface area is 171 Å². The van der Waals surface area contributed by atoms with Crippen LogP contribution in [0.5, 0.6) is 5.75 Å². The van der Waals surface area contributed by atoms with Crippen LogP contribution in [0.2, 0.25) is 0 Å². The summed E-state index contributed by atoms with van der Waals surface area (Å²) in [4.78, 5) is 15.2. The van der Waals surface area contributed by atoms with Gasteiger partial charge in [0, 0.05) is 25.2 Å². The molecule has 1 heterocycles. The van der Waals surface area contributed by atoms with Gasteiger partial charge in [-0.15, -0.1) is 12.4 Å². The monoisotopic (exact) mass is 396 g/mol. The fraction of sp³-hybridized carbons (Fsp3) is 0.261. The summed E-state index contributed by atoms with van der Waals surface area (Å²) in [5.41, 5.74) is 2.13. The molecule has 28 heavy (non-hydrogen) atoms. The zero-order valence-corrected chi connectivity index (χ0v) is 16.7. The van der Waals surface area contributed by atoms with Crippen LogP contribution in [0.25, 0.3) is 10.8 Å². The van der Waals surface area contributed by atoms with Gasteiger partial charge in [0.15, 0.2) is 0 Å². The van der Waals surface area contributed by atoms with Crippen LogP contribution in [0.1, 0.15) is 17.2 Å². The smallest absolute Gasteiger partial charge is 0.227 e. The van der Waals surface area contributed by atoms with E-state index in [1.54, 1.807) is 7.11 Å². The lowest BCUT2D eigenvalue weighted by atomic mass is 9.99. The highest BCUT2D eigenvalue weighted by Gasteiger charge is 2.29. The molecule has 1 fully saturated rings. The van der Waals surface area contributed by atoms with Gasteiger partial charge in [0.05, 0.1) is 19.6 Å². The highest BCUT2D eigenvalue weighted by Crippen LogP contribution is 2.31. The molecule has 3 aromatic rings. The average Bonchev–Trinajstić information content (AvgIpc) is 2.74. The first-order valence-corrected chi connectivity index (χ1v) is 9.37. The Morgan fingerprint density at radius 3 is 2.68 bits per heavy atom. The van der Waals surface area contributed by atoms with Gasteiger partial charge >= 0.3 is 0 Å². The first-order valence-electron chi connectivity index (χ1n) is 9.37. The number of amides is 1. The van der Waals surface area contributed by atoms with Gasteiger partial charge in [-0.25, -0.2) is 0 Å². The third kappa shape index (κ3) is 3.98. The normalized spacial score (nSPS) is 16.5. The Morgan fingerprint density at radius 1 is 1.07 bits per heavy atom. The van der Waals surface area contributed by atoms with E-state index in [1.165, 1.54) is 5.39 Å². The number of para-hydroxylation sites is 1. The topological polar surface area (TPSA) is 41.6 Å². The number of nitrogens with zero attached hydrogens (tertiary/aromatic N) is 1. The van der Waals surface area contributed by atoms with Crippen molar-refractivity contribution in [3.8, 4) is 5.75 Å². The Balaban J connectivity index is 0.00000225. The van der Waals surface area contributed by atoms with E-state index in [9.17, 15) is 4.79 Å². The molecule has 0 aliphatic carbocycles. The summed E-state index contributed by atoms with van der Waals surface area (Å²) in [7, 11) is 1.68. The van der Waals surface area contributed by atoms with E-state index < -0.39 is 0 Å². The van der Waals surface area contributed by atoms with Gasteiger partial charge in [0.25, 0.3) is 0 Å². The Morgan fingerprint density at radius 2 is 1.82 bits per heavy atom. The Kier molecular flexibility index (Phi) is 6.55. The summed E-state index contributed by atoms with van der Waals surface area (Å²) in [5.74, 6) is 0.984. The highest BCUT2D eigenvalue weighted by molar-refractivity contribution is 5.90. The van der Waals surface area contributed by atoms with Gasteiger partial charge in [-0.1, -0.05) is 60.7 Å². The Bertz CT molecular complexity index is 955. The second-order valence-electron chi connectivity index (χ2n) is 6.86. The van der Waals surface area contributed by atoms with E-state index in [0.29, 0.717) is 13.0 Å². The maximum Gasteiger partial charge on any atom is 0.227 e. The number of fused-ring (bicyclic) bond motifs is 1. The quantitative estimate of drug-likeness (QED) is 0.725. The van der Waals surface area contributed by atoms with Gasteiger partial charge < -0.3 is 15.0 Å². The summed E-state index contributed by atoms with van der Waals surface area (Å²) in [5, 5.41) is 5.73. The minimum Gasteiger partial charge on any atom is -0.496 e. The number of hydrogen-bond donors (Lipinski definition) is 1. The second-order valence-corrected chi connectivity index (χ2v) is 6.86. The number of methoxy groups -OCH3 is 1. The van der Waals surface area contributed by atoms with Crippen molar-refractivity contribution in [2.75, 3.05) is 26.7 Å². The lowest BCUT2D eigenvalue weighted by molar-refractivity contribution is -0.133. The van der Waals surface area contributed by atoms with Crippen molar-refractivity contribution in [1.82, 2.24) is 10.2 Å². The van der Waals surface area contributed by atoms with Gasteiger partial charge in [0.2, 0.25) is 5.91 Å². The molecule has 4 rings (SSSR count). The molecule has 1 atom stereocenters. The van der Waals surface area contributed by atoms with Gasteiger partial charge in [-0.2, -0.15) is 0 Å². The molecule has 3 aromatic carbocycles. The van der Waals surface area contributed by atoms with Crippen LogP contribution in [0.3, 0.4) is 0 Å². The van der Waals surface area contributed by atoms with Crippen molar-refractivity contribution in [1.29, 1.82) is 0 Å². The SMILES string of the molecule is COc1ccccc1C1CNCCN1C(=O)Cc1cccc2ccccc12.Cl. The summed E-state index contributed by atoms with van der Waals surface area (Å²) in [6, 6.07) is 22.4. The summed E-state index contributed by atoms with van der Waals surface area (Å²) < 4.78 is 5.54. The molecule has 1 aliphatic heterocycles. The van der Waals surface area contributed by atoms with Crippen LogP contribution < -0.4 is 10.1 Å². The molecular weight excluding hydrogens is 372 g/mol. The predicted molar refractivity (Wildman–Crippen MR) is 115 cm³/mol. The molecule has 1 unspecified atom stereocenters. The zero-order chi connectivity index (χ0) is 18.6. The van der Waals surface area contributed by atoms with Crippen LogP contribution >= 0.6 is 12.4 Å². The van der Waals surface area contributed by atoms with Crippen LogP contribution in [-0.4, -0.2) is 37.6 Å². The first-order chi connectivity index (χ1) is 13.3. The molecule has 1 saturated heterocycles. The molecule has 0 radical (unpaired) electrons. The maximum atomic E-state index is 13.3. The molecule has 1 amide bonds. The number of piperazine rings is 1. The minimum atomic E-state index is -0.0163. The third-order valence-corrected chi connectivity index (χ3v) is 5.28. The molecule has 0 aromatic heterocycles. The second kappa shape index (κ2) is 9.09. The van der Waals surface area contributed by atoms with E-state index in [1.807, 2.05) is 41.3 Å². The molecule has 4 nitrogen and oxygen atoms in total. The number of hydrogen-bond acceptors (Lipinski definition) is 3. The maximum absolute atomic E-state index is 13.3. The van der Waals surface area contributed by atoms with Crippen molar-refractivity contribution in [2.45, 2.75) is 12.5 Å². The molecule has 1 N–H and O–H groups in total. The van der Waals surface area contributed by atoms with Crippen LogP contribution in [0, 0.1) is 0 Å². The number of rotatable bonds is 4. The van der Waals surface area contributed by atoms with Gasteiger partial charge in [-0.3, -0.25) is 4.79 Å². The van der Waals surface area contributed by atoms with Crippen LogP contribution in [0.15, 0.2) is 66.7 Å². The van der Waals surface area contributed by atoms with Crippen LogP contribution in [0.4, 0.5) is 0 Å². The van der Waals surface area contributed by atoms with E-state index in [2.05, 4.69) is 35.6 Å². The number of nitrogens with one attached hydrogen (secondary N) is 1. The molecule has 5 heteroatoms. The zero-order valence-electron chi connectivity index (χ0n) is 15.9. The van der Waals surface area contributed by atoms with Crippen molar-refractivity contribution in [3.05, 3.63) is 77.9 Å². The Hall–Kier alpha value is -2.56. The number of benzene rings is 3. The number of ether oxygens (including phenoxy) is 1. The number of carbonyl (C=O) groups is 1. The standard InChI is InChI=1S/C23H24N2O2.ClH/c1-27-22-12-5-4-11-20(22)21-16-24-13-14-25(21)23(26)15-18-9-6-8-17-7-2-3-10-19(17)18;/h2-12,21,24H,13-16H2,1H3;1H.